The van der Waals surface area contributed by atoms with Gasteiger partial charge >= 0.3 is 0 Å². The Hall–Kier alpha value is -2.11. The second-order valence-electron chi connectivity index (χ2n) is 5.21. The van der Waals surface area contributed by atoms with Crippen molar-refractivity contribution < 1.29 is 18.7 Å². The van der Waals surface area contributed by atoms with Crippen LogP contribution >= 0.6 is 0 Å². The number of hydrogen-bond acceptors (Lipinski definition) is 3. The van der Waals surface area contributed by atoms with E-state index in [1.807, 2.05) is 0 Å². The maximum absolute atomic E-state index is 13.6. The molecular weight excluding hydrogens is 275 g/mol. The Balaban J connectivity index is 2.04. The lowest BCUT2D eigenvalue weighted by molar-refractivity contribution is -0.139. The summed E-state index contributed by atoms with van der Waals surface area (Å²) < 4.78 is 18.4. The summed E-state index contributed by atoms with van der Waals surface area (Å²) in [6.07, 6.45) is 0.694. The van der Waals surface area contributed by atoms with Crippen molar-refractivity contribution in [1.29, 1.82) is 0 Å². The summed E-state index contributed by atoms with van der Waals surface area (Å²) in [5.74, 6) is -0.603. The third kappa shape index (κ3) is 3.15. The van der Waals surface area contributed by atoms with Crippen molar-refractivity contribution in [2.75, 3.05) is 27.7 Å². The molecule has 21 heavy (non-hydrogen) atoms. The number of ether oxygens (including phenoxy) is 1. The number of carbonyl (C=O) groups excluding carboxylic acids is 2. The van der Waals surface area contributed by atoms with E-state index in [1.165, 1.54) is 24.1 Å². The average Bonchev–Trinajstić information content (AvgIpc) is 2.78. The molecule has 1 aromatic rings. The molecule has 1 fully saturated rings. The van der Waals surface area contributed by atoms with Crippen LogP contribution < -0.4 is 4.74 Å². The lowest BCUT2D eigenvalue weighted by atomic mass is 10.1. The highest BCUT2D eigenvalue weighted by atomic mass is 19.1. The van der Waals surface area contributed by atoms with E-state index in [4.69, 9.17) is 4.74 Å². The zero-order valence-corrected chi connectivity index (χ0v) is 12.4. The molecule has 1 saturated heterocycles. The topological polar surface area (TPSA) is 49.9 Å². The minimum absolute atomic E-state index is 0.0493. The normalized spacial score (nSPS) is 18.0. The minimum atomic E-state index is -0.498. The summed E-state index contributed by atoms with van der Waals surface area (Å²) >= 11 is 0. The highest BCUT2D eigenvalue weighted by Crippen LogP contribution is 2.19. The first-order valence-electron chi connectivity index (χ1n) is 6.77. The summed E-state index contributed by atoms with van der Waals surface area (Å²) in [5.41, 5.74) is 0.559. The summed E-state index contributed by atoms with van der Waals surface area (Å²) in [7, 11) is 4.72. The predicted molar refractivity (Wildman–Crippen MR) is 75.5 cm³/mol. The number of benzene rings is 1. The van der Waals surface area contributed by atoms with Crippen LogP contribution in [-0.2, 0) is 16.0 Å². The third-order valence-corrected chi connectivity index (χ3v) is 3.83. The largest absolute Gasteiger partial charge is 0.494 e. The monoisotopic (exact) mass is 294 g/mol. The fourth-order valence-electron chi connectivity index (χ4n) is 2.46. The van der Waals surface area contributed by atoms with Gasteiger partial charge in [-0.1, -0.05) is 6.07 Å². The molecule has 114 valence electrons. The van der Waals surface area contributed by atoms with E-state index in [-0.39, 0.29) is 24.0 Å². The first kappa shape index (κ1) is 15.3. The molecule has 2 rings (SSSR count). The molecule has 0 bridgehead atoms. The SMILES string of the molecule is COc1ccc(CC(=O)N(C)[C@@H]2CCN(C)C2=O)cc1F. The maximum Gasteiger partial charge on any atom is 0.245 e. The molecule has 0 spiro atoms. The Morgan fingerprint density at radius 2 is 2.24 bits per heavy atom. The zero-order chi connectivity index (χ0) is 15.6. The summed E-state index contributed by atoms with van der Waals surface area (Å²) in [5, 5.41) is 0. The predicted octanol–water partition coefficient (Wildman–Crippen LogP) is 1.07. The smallest absolute Gasteiger partial charge is 0.245 e. The molecule has 1 aliphatic rings. The van der Waals surface area contributed by atoms with Crippen molar-refractivity contribution in [3.8, 4) is 5.75 Å². The molecule has 1 heterocycles. The van der Waals surface area contributed by atoms with Crippen LogP contribution in [0.15, 0.2) is 18.2 Å². The second-order valence-corrected chi connectivity index (χ2v) is 5.21. The number of halogens is 1. The van der Waals surface area contributed by atoms with Crippen LogP contribution in [0.1, 0.15) is 12.0 Å². The number of methoxy groups -OCH3 is 1. The van der Waals surface area contributed by atoms with Gasteiger partial charge in [0.2, 0.25) is 11.8 Å². The highest BCUT2D eigenvalue weighted by molar-refractivity contribution is 5.89. The molecule has 5 nitrogen and oxygen atoms in total. The van der Waals surface area contributed by atoms with Gasteiger partial charge in [0.1, 0.15) is 6.04 Å². The van der Waals surface area contributed by atoms with Crippen molar-refractivity contribution in [1.82, 2.24) is 9.80 Å². The summed E-state index contributed by atoms with van der Waals surface area (Å²) in [6, 6.07) is 4.01. The number of rotatable bonds is 4. The molecule has 0 unspecified atom stereocenters. The van der Waals surface area contributed by atoms with Gasteiger partial charge in [-0.25, -0.2) is 4.39 Å². The first-order chi connectivity index (χ1) is 9.93. The van der Waals surface area contributed by atoms with Crippen LogP contribution in [0.5, 0.6) is 5.75 Å². The van der Waals surface area contributed by atoms with E-state index in [0.29, 0.717) is 18.5 Å². The lowest BCUT2D eigenvalue weighted by Crippen LogP contribution is -2.42. The minimum Gasteiger partial charge on any atom is -0.494 e. The highest BCUT2D eigenvalue weighted by Gasteiger charge is 2.34. The van der Waals surface area contributed by atoms with Gasteiger partial charge in [0.15, 0.2) is 11.6 Å². The van der Waals surface area contributed by atoms with Gasteiger partial charge in [-0.2, -0.15) is 0 Å². The molecule has 6 heteroatoms. The van der Waals surface area contributed by atoms with E-state index in [9.17, 15) is 14.0 Å². The van der Waals surface area contributed by atoms with Crippen LogP contribution in [0.4, 0.5) is 4.39 Å². The van der Waals surface area contributed by atoms with E-state index < -0.39 is 11.9 Å². The van der Waals surface area contributed by atoms with E-state index in [0.717, 1.165) is 0 Å². The fourth-order valence-corrected chi connectivity index (χ4v) is 2.46. The first-order valence-corrected chi connectivity index (χ1v) is 6.77. The Morgan fingerprint density at radius 1 is 1.52 bits per heavy atom. The van der Waals surface area contributed by atoms with Gasteiger partial charge in [0.05, 0.1) is 13.5 Å². The van der Waals surface area contributed by atoms with Gasteiger partial charge in [-0.15, -0.1) is 0 Å². The third-order valence-electron chi connectivity index (χ3n) is 3.83. The zero-order valence-electron chi connectivity index (χ0n) is 12.4. The molecule has 0 saturated carbocycles. The molecule has 0 aliphatic carbocycles. The van der Waals surface area contributed by atoms with Crippen LogP contribution in [0.2, 0.25) is 0 Å². The Labute approximate surface area is 123 Å². The number of nitrogens with zero attached hydrogens (tertiary/aromatic N) is 2. The van der Waals surface area contributed by atoms with Crippen molar-refractivity contribution >= 4 is 11.8 Å². The van der Waals surface area contributed by atoms with Gasteiger partial charge in [-0.05, 0) is 24.1 Å². The summed E-state index contributed by atoms with van der Waals surface area (Å²) in [4.78, 5) is 27.2. The molecule has 0 aromatic heterocycles. The van der Waals surface area contributed by atoms with Gasteiger partial charge in [-0.3, -0.25) is 9.59 Å². The number of likely N-dealkylation sites (N-methyl/N-ethyl adjacent to an activating group) is 2. The van der Waals surface area contributed by atoms with E-state index >= 15 is 0 Å². The van der Waals surface area contributed by atoms with Gasteiger partial charge < -0.3 is 14.5 Å². The lowest BCUT2D eigenvalue weighted by Gasteiger charge is -2.23. The van der Waals surface area contributed by atoms with Crippen LogP contribution in [-0.4, -0.2) is 55.4 Å². The van der Waals surface area contributed by atoms with Gasteiger partial charge in [0.25, 0.3) is 0 Å². The van der Waals surface area contributed by atoms with Crippen molar-refractivity contribution in [3.63, 3.8) is 0 Å². The van der Waals surface area contributed by atoms with Gasteiger partial charge in [0, 0.05) is 20.6 Å². The maximum atomic E-state index is 13.6. The Kier molecular flexibility index (Phi) is 4.45. The average molecular weight is 294 g/mol. The van der Waals surface area contributed by atoms with Crippen molar-refractivity contribution in [2.45, 2.75) is 18.9 Å². The Bertz CT molecular complexity index is 562. The number of amides is 2. The Morgan fingerprint density at radius 3 is 2.76 bits per heavy atom. The van der Waals surface area contributed by atoms with Crippen LogP contribution in [0, 0.1) is 5.82 Å². The number of likely N-dealkylation sites (tertiary alicyclic amines) is 1. The molecule has 0 N–H and O–H groups in total. The van der Waals surface area contributed by atoms with E-state index in [1.54, 1.807) is 25.1 Å². The standard InChI is InChI=1S/C15H19FN2O3/c1-17-7-6-12(15(17)20)18(2)14(19)9-10-4-5-13(21-3)11(16)8-10/h4-5,8,12H,6-7,9H2,1-3H3/t12-/m1/s1. The molecule has 0 radical (unpaired) electrons. The second kappa shape index (κ2) is 6.11. The number of hydrogen-bond donors (Lipinski definition) is 0. The van der Waals surface area contributed by atoms with Crippen LogP contribution in [0.3, 0.4) is 0 Å². The molecular formula is C15H19FN2O3. The van der Waals surface area contributed by atoms with E-state index in [2.05, 4.69) is 0 Å². The molecule has 2 amide bonds. The van der Waals surface area contributed by atoms with Crippen molar-refractivity contribution in [3.05, 3.63) is 29.6 Å². The molecule has 1 aliphatic heterocycles. The summed E-state index contributed by atoms with van der Waals surface area (Å²) in [6.45, 7) is 0.651. The molecule has 1 aromatic carbocycles. The number of carbonyl (C=O) groups is 2. The fraction of sp³-hybridized carbons (Fsp3) is 0.467. The van der Waals surface area contributed by atoms with Crippen LogP contribution in [0.25, 0.3) is 0 Å². The molecule has 1 atom stereocenters. The quantitative estimate of drug-likeness (QED) is 0.834. The van der Waals surface area contributed by atoms with Crippen molar-refractivity contribution in [2.24, 2.45) is 0 Å².